The highest BCUT2D eigenvalue weighted by molar-refractivity contribution is 5.98. The van der Waals surface area contributed by atoms with Crippen LogP contribution in [0.15, 0.2) is 59.6 Å². The number of morpholine rings is 1. The van der Waals surface area contributed by atoms with Gasteiger partial charge in [0.1, 0.15) is 6.61 Å². The monoisotopic (exact) mass is 518 g/mol. The quantitative estimate of drug-likeness (QED) is 0.450. The molecule has 1 saturated heterocycles. The third-order valence-electron chi connectivity index (χ3n) is 6.82. The summed E-state index contributed by atoms with van der Waals surface area (Å²) >= 11 is 0. The van der Waals surface area contributed by atoms with Crippen LogP contribution in [0.3, 0.4) is 0 Å². The summed E-state index contributed by atoms with van der Waals surface area (Å²) in [5.74, 6) is -1.18. The van der Waals surface area contributed by atoms with Gasteiger partial charge in [-0.25, -0.2) is 0 Å². The molecule has 1 aromatic heterocycles. The number of nitrogens with one attached hydrogen (secondary N) is 1. The van der Waals surface area contributed by atoms with Gasteiger partial charge < -0.3 is 24.3 Å². The van der Waals surface area contributed by atoms with Crippen molar-refractivity contribution in [3.8, 4) is 0 Å². The van der Waals surface area contributed by atoms with E-state index in [1.165, 1.54) is 0 Å². The van der Waals surface area contributed by atoms with Gasteiger partial charge in [0.05, 0.1) is 17.6 Å². The van der Waals surface area contributed by atoms with E-state index in [1.807, 2.05) is 10.6 Å². The van der Waals surface area contributed by atoms with E-state index in [-0.39, 0.29) is 42.3 Å². The predicted octanol–water partition coefficient (Wildman–Crippen LogP) is 3.71. The Kier molecular flexibility index (Phi) is 7.84. The SMILES string of the molecule is C=C/C(=C\C(=C)C(F)(F)F)C(=O)/N=c1\[nH]c2cc(N3CCOCC3=O)ccc2n1[C@H]1CCCC[C@H]1CO. The Morgan fingerprint density at radius 2 is 2.05 bits per heavy atom. The molecule has 2 atom stereocenters. The maximum absolute atomic E-state index is 13.0. The number of amides is 2. The molecule has 2 aromatic rings. The van der Waals surface area contributed by atoms with Crippen LogP contribution in [0.25, 0.3) is 11.0 Å². The molecule has 4 rings (SSSR count). The fourth-order valence-corrected chi connectivity index (χ4v) is 4.88. The van der Waals surface area contributed by atoms with Crippen LogP contribution in [0.2, 0.25) is 0 Å². The van der Waals surface area contributed by atoms with Crippen molar-refractivity contribution in [2.24, 2.45) is 10.9 Å². The van der Waals surface area contributed by atoms with Crippen LogP contribution in [0.4, 0.5) is 18.9 Å². The van der Waals surface area contributed by atoms with Gasteiger partial charge in [0.25, 0.3) is 11.8 Å². The second-order valence-corrected chi connectivity index (χ2v) is 9.16. The molecule has 2 aliphatic rings. The Morgan fingerprint density at radius 1 is 1.30 bits per heavy atom. The first-order chi connectivity index (χ1) is 17.6. The molecule has 2 N–H and O–H groups in total. The largest absolute Gasteiger partial charge is 0.415 e. The van der Waals surface area contributed by atoms with Gasteiger partial charge >= 0.3 is 6.18 Å². The summed E-state index contributed by atoms with van der Waals surface area (Å²) in [5, 5.41) is 10.0. The van der Waals surface area contributed by atoms with Crippen molar-refractivity contribution in [3.63, 3.8) is 0 Å². The van der Waals surface area contributed by atoms with Crippen LogP contribution in [-0.4, -0.2) is 59.0 Å². The summed E-state index contributed by atoms with van der Waals surface area (Å²) in [6, 6.07) is 5.19. The first-order valence-corrected chi connectivity index (χ1v) is 12.1. The number of nitrogens with zero attached hydrogens (tertiary/aromatic N) is 3. The molecule has 1 aromatic carbocycles. The number of imidazole rings is 1. The van der Waals surface area contributed by atoms with Gasteiger partial charge in [-0.15, -0.1) is 0 Å². The standard InChI is InChI=1S/C26H29F3N4O4/c1-3-17(12-16(2)26(27,28)29)24(36)31-25-30-20-13-19(32-10-11-37-15-23(32)35)8-9-22(20)33(25)21-7-5-4-6-18(21)14-34/h3,8-9,12-13,18,21,34H,1-2,4-7,10-11,14-15H2,(H,30,31,36)/b17-12+/t18-,21-/m0/s1. The highest BCUT2D eigenvalue weighted by atomic mass is 19.4. The average molecular weight is 519 g/mol. The Labute approximate surface area is 211 Å². The van der Waals surface area contributed by atoms with E-state index in [1.54, 1.807) is 17.0 Å². The summed E-state index contributed by atoms with van der Waals surface area (Å²) < 4.78 is 46.0. The number of ether oxygens (including phenoxy) is 1. The third kappa shape index (κ3) is 5.62. The number of fused-ring (bicyclic) bond motifs is 1. The molecule has 0 radical (unpaired) electrons. The first-order valence-electron chi connectivity index (χ1n) is 12.1. The van der Waals surface area contributed by atoms with Gasteiger partial charge in [-0.05, 0) is 37.1 Å². The van der Waals surface area contributed by atoms with Gasteiger partial charge in [0.15, 0.2) is 0 Å². The van der Waals surface area contributed by atoms with Gasteiger partial charge in [-0.1, -0.05) is 32.1 Å². The lowest BCUT2D eigenvalue weighted by Gasteiger charge is -2.31. The zero-order valence-electron chi connectivity index (χ0n) is 20.3. The molecule has 11 heteroatoms. The summed E-state index contributed by atoms with van der Waals surface area (Å²) in [7, 11) is 0. The molecule has 2 amide bonds. The van der Waals surface area contributed by atoms with Crippen LogP contribution in [-0.2, 0) is 14.3 Å². The number of halogens is 3. The number of carbonyl (C=O) groups excluding carboxylic acids is 2. The summed E-state index contributed by atoms with van der Waals surface area (Å²) in [4.78, 5) is 34.2. The fraction of sp³-hybridized carbons (Fsp3) is 0.423. The van der Waals surface area contributed by atoms with Gasteiger partial charge in [-0.3, -0.25) is 9.59 Å². The van der Waals surface area contributed by atoms with Crippen LogP contribution >= 0.6 is 0 Å². The molecule has 8 nitrogen and oxygen atoms in total. The average Bonchev–Trinajstić information content (AvgIpc) is 3.23. The van der Waals surface area contributed by atoms with Crippen molar-refractivity contribution >= 4 is 28.5 Å². The fourth-order valence-electron chi connectivity index (χ4n) is 4.88. The lowest BCUT2D eigenvalue weighted by molar-refractivity contribution is -0.125. The number of carbonyl (C=O) groups is 2. The van der Waals surface area contributed by atoms with Crippen LogP contribution in [0.1, 0.15) is 31.7 Å². The Morgan fingerprint density at radius 3 is 2.73 bits per heavy atom. The normalized spacial score (nSPS) is 21.9. The molecule has 0 unspecified atom stereocenters. The van der Waals surface area contributed by atoms with E-state index in [4.69, 9.17) is 4.74 Å². The number of aliphatic hydroxyl groups is 1. The molecule has 37 heavy (non-hydrogen) atoms. The zero-order chi connectivity index (χ0) is 26.7. The number of alkyl halides is 3. The second kappa shape index (κ2) is 10.9. The lowest BCUT2D eigenvalue weighted by atomic mass is 9.85. The topological polar surface area (TPSA) is 99.9 Å². The first kappa shape index (κ1) is 26.6. The van der Waals surface area contributed by atoms with E-state index < -0.39 is 17.7 Å². The molecular weight excluding hydrogens is 489 g/mol. The minimum atomic E-state index is -4.70. The van der Waals surface area contributed by atoms with Crippen molar-refractivity contribution in [2.75, 3.05) is 31.3 Å². The number of aliphatic hydroxyl groups excluding tert-OH is 1. The minimum absolute atomic E-state index is 0.0159. The summed E-state index contributed by atoms with van der Waals surface area (Å²) in [6.07, 6.45) is 0.329. The minimum Gasteiger partial charge on any atom is -0.396 e. The number of hydrogen-bond acceptors (Lipinski definition) is 4. The Balaban J connectivity index is 1.84. The van der Waals surface area contributed by atoms with Crippen molar-refractivity contribution in [2.45, 2.75) is 37.9 Å². The molecule has 0 spiro atoms. The van der Waals surface area contributed by atoms with E-state index in [0.717, 1.165) is 31.8 Å². The van der Waals surface area contributed by atoms with Crippen molar-refractivity contribution in [1.29, 1.82) is 0 Å². The van der Waals surface area contributed by atoms with Gasteiger partial charge in [-0.2, -0.15) is 18.2 Å². The second-order valence-electron chi connectivity index (χ2n) is 9.16. The van der Waals surface area contributed by atoms with Gasteiger partial charge in [0, 0.05) is 41.9 Å². The van der Waals surface area contributed by atoms with Crippen molar-refractivity contribution in [3.05, 3.63) is 60.3 Å². The van der Waals surface area contributed by atoms with Crippen molar-refractivity contribution < 1.29 is 32.6 Å². The predicted molar refractivity (Wildman–Crippen MR) is 132 cm³/mol. The third-order valence-corrected chi connectivity index (χ3v) is 6.82. The number of aromatic amines is 1. The number of allylic oxidation sites excluding steroid dienone is 2. The van der Waals surface area contributed by atoms with Crippen LogP contribution in [0, 0.1) is 5.92 Å². The lowest BCUT2D eigenvalue weighted by Crippen LogP contribution is -2.41. The molecule has 2 fully saturated rings. The number of rotatable bonds is 6. The smallest absolute Gasteiger partial charge is 0.396 e. The number of hydrogen-bond donors (Lipinski definition) is 2. The molecule has 1 aliphatic carbocycles. The van der Waals surface area contributed by atoms with Crippen molar-refractivity contribution in [1.82, 2.24) is 9.55 Å². The molecule has 1 saturated carbocycles. The number of benzene rings is 1. The molecular formula is C26H29F3N4O4. The Bertz CT molecular complexity index is 1320. The van der Waals surface area contributed by atoms with Crippen LogP contribution in [0.5, 0.6) is 0 Å². The van der Waals surface area contributed by atoms with E-state index in [9.17, 15) is 27.9 Å². The number of anilines is 1. The summed E-state index contributed by atoms with van der Waals surface area (Å²) in [6.45, 7) is 7.17. The molecule has 198 valence electrons. The highest BCUT2D eigenvalue weighted by Crippen LogP contribution is 2.35. The maximum Gasteiger partial charge on any atom is 0.415 e. The van der Waals surface area contributed by atoms with Gasteiger partial charge in [0.2, 0.25) is 5.62 Å². The Hall–Kier alpha value is -3.44. The molecule has 0 bridgehead atoms. The molecule has 1 aliphatic heterocycles. The van der Waals surface area contributed by atoms with E-state index in [0.29, 0.717) is 35.9 Å². The molecule has 2 heterocycles. The zero-order valence-corrected chi connectivity index (χ0v) is 20.3. The van der Waals surface area contributed by atoms with E-state index >= 15 is 0 Å². The highest BCUT2D eigenvalue weighted by Gasteiger charge is 2.31. The van der Waals surface area contributed by atoms with E-state index in [2.05, 4.69) is 23.1 Å². The van der Waals surface area contributed by atoms with Crippen LogP contribution < -0.4 is 10.5 Å². The number of H-pyrrole nitrogens is 1. The number of aromatic nitrogens is 2. The summed E-state index contributed by atoms with van der Waals surface area (Å²) in [5.41, 5.74) is 0.529. The maximum atomic E-state index is 13.0.